The first-order valence-corrected chi connectivity index (χ1v) is 9.93. The first-order chi connectivity index (χ1) is 15.4. The molecule has 1 aliphatic heterocycles. The number of hydrogen-bond acceptors (Lipinski definition) is 7. The molecule has 2 heterocycles. The van der Waals surface area contributed by atoms with E-state index in [4.69, 9.17) is 14.5 Å². The second-order valence-corrected chi connectivity index (χ2v) is 7.34. The zero-order chi connectivity index (χ0) is 22.7. The summed E-state index contributed by atoms with van der Waals surface area (Å²) in [7, 11) is 1.59. The molecule has 4 rings (SSSR count). The molecule has 32 heavy (non-hydrogen) atoms. The number of aromatic nitrogens is 2. The van der Waals surface area contributed by atoms with E-state index in [0.717, 1.165) is 17.4 Å². The summed E-state index contributed by atoms with van der Waals surface area (Å²) >= 11 is 0. The highest BCUT2D eigenvalue weighted by Crippen LogP contribution is 2.37. The van der Waals surface area contributed by atoms with E-state index in [1.165, 1.54) is 12.1 Å². The molecule has 2 aromatic carbocycles. The fraction of sp³-hybridized carbons (Fsp3) is 0.318. The quantitative estimate of drug-likeness (QED) is 0.591. The second kappa shape index (κ2) is 8.88. The molecule has 1 aromatic heterocycles. The molecule has 1 fully saturated rings. The summed E-state index contributed by atoms with van der Waals surface area (Å²) in [6.45, 7) is 2.22. The van der Waals surface area contributed by atoms with Crippen LogP contribution < -0.4 is 9.64 Å². The molecule has 7 nitrogen and oxygen atoms in total. The van der Waals surface area contributed by atoms with Crippen LogP contribution in [0.15, 0.2) is 47.0 Å². The maximum atomic E-state index is 13.4. The SMILES string of the molecule is COc1ccc(-c2noc(CN3CCN(c4cc(C#N)ccc4C(F)(F)F)CC3)n2)cc1. The Hall–Kier alpha value is -3.58. The lowest BCUT2D eigenvalue weighted by molar-refractivity contribution is -0.137. The number of rotatable bonds is 5. The lowest BCUT2D eigenvalue weighted by Crippen LogP contribution is -2.46. The first kappa shape index (κ1) is 21.6. The topological polar surface area (TPSA) is 78.4 Å². The highest BCUT2D eigenvalue weighted by atomic mass is 19.4. The minimum Gasteiger partial charge on any atom is -0.497 e. The van der Waals surface area contributed by atoms with Crippen molar-refractivity contribution in [2.75, 3.05) is 38.2 Å². The van der Waals surface area contributed by atoms with Crippen LogP contribution in [-0.2, 0) is 12.7 Å². The predicted molar refractivity (Wildman–Crippen MR) is 110 cm³/mol. The van der Waals surface area contributed by atoms with Gasteiger partial charge in [0.25, 0.3) is 0 Å². The van der Waals surface area contributed by atoms with Crippen molar-refractivity contribution in [3.05, 3.63) is 59.5 Å². The minimum atomic E-state index is -4.48. The van der Waals surface area contributed by atoms with Crippen LogP contribution in [0.25, 0.3) is 11.4 Å². The third-order valence-corrected chi connectivity index (χ3v) is 5.32. The van der Waals surface area contributed by atoms with Gasteiger partial charge in [0, 0.05) is 31.7 Å². The van der Waals surface area contributed by atoms with Crippen LogP contribution in [0.5, 0.6) is 5.75 Å². The summed E-state index contributed by atoms with van der Waals surface area (Å²) in [5.41, 5.74) is 0.303. The van der Waals surface area contributed by atoms with Gasteiger partial charge < -0.3 is 14.2 Å². The van der Waals surface area contributed by atoms with E-state index >= 15 is 0 Å². The van der Waals surface area contributed by atoms with E-state index in [9.17, 15) is 13.2 Å². The van der Waals surface area contributed by atoms with E-state index in [0.29, 0.717) is 44.4 Å². The van der Waals surface area contributed by atoms with Crippen LogP contribution in [0, 0.1) is 11.3 Å². The average molecular weight is 443 g/mol. The van der Waals surface area contributed by atoms with Crippen molar-refractivity contribution < 1.29 is 22.4 Å². The maximum absolute atomic E-state index is 13.4. The van der Waals surface area contributed by atoms with Crippen molar-refractivity contribution >= 4 is 5.69 Å². The van der Waals surface area contributed by atoms with Crippen LogP contribution in [-0.4, -0.2) is 48.3 Å². The predicted octanol–water partition coefficient (Wildman–Crippen LogP) is 3.96. The van der Waals surface area contributed by atoms with Gasteiger partial charge in [-0.1, -0.05) is 5.16 Å². The summed E-state index contributed by atoms with van der Waals surface area (Å²) in [5, 5.41) is 13.1. The normalized spacial score (nSPS) is 14.9. The first-order valence-electron chi connectivity index (χ1n) is 9.93. The molecule has 0 amide bonds. The minimum absolute atomic E-state index is 0.0378. The summed E-state index contributed by atoms with van der Waals surface area (Å²) in [5.74, 6) is 1.63. The van der Waals surface area contributed by atoms with Crippen molar-refractivity contribution in [2.24, 2.45) is 0 Å². The van der Waals surface area contributed by atoms with Crippen LogP contribution >= 0.6 is 0 Å². The van der Waals surface area contributed by atoms with E-state index in [1.807, 2.05) is 23.1 Å². The molecular weight excluding hydrogens is 423 g/mol. The fourth-order valence-electron chi connectivity index (χ4n) is 3.62. The molecule has 0 bridgehead atoms. The average Bonchev–Trinajstić information content (AvgIpc) is 3.27. The van der Waals surface area contributed by atoms with Crippen LogP contribution in [0.4, 0.5) is 18.9 Å². The summed E-state index contributed by atoms with van der Waals surface area (Å²) in [6.07, 6.45) is -4.48. The number of methoxy groups -OCH3 is 1. The Kier molecular flexibility index (Phi) is 6.01. The molecule has 0 aliphatic carbocycles. The third-order valence-electron chi connectivity index (χ3n) is 5.32. The number of halogens is 3. The van der Waals surface area contributed by atoms with E-state index in [1.54, 1.807) is 24.1 Å². The van der Waals surface area contributed by atoms with E-state index in [-0.39, 0.29) is 11.3 Å². The Morgan fingerprint density at radius 3 is 2.44 bits per heavy atom. The molecule has 166 valence electrons. The van der Waals surface area contributed by atoms with Gasteiger partial charge in [0.15, 0.2) is 0 Å². The summed E-state index contributed by atoms with van der Waals surface area (Å²) < 4.78 is 50.8. The Bertz CT molecular complexity index is 1110. The van der Waals surface area contributed by atoms with Gasteiger partial charge in [-0.3, -0.25) is 4.90 Å². The molecular formula is C22H20F3N5O2. The molecule has 0 unspecified atom stereocenters. The van der Waals surface area contributed by atoms with Crippen molar-refractivity contribution in [1.29, 1.82) is 5.26 Å². The maximum Gasteiger partial charge on any atom is 0.418 e. The highest BCUT2D eigenvalue weighted by molar-refractivity contribution is 5.59. The number of nitrogens with zero attached hydrogens (tertiary/aromatic N) is 5. The van der Waals surface area contributed by atoms with Crippen molar-refractivity contribution in [2.45, 2.75) is 12.7 Å². The van der Waals surface area contributed by atoms with Gasteiger partial charge in [-0.15, -0.1) is 0 Å². The Balaban J connectivity index is 1.41. The van der Waals surface area contributed by atoms with E-state index in [2.05, 4.69) is 10.1 Å². The van der Waals surface area contributed by atoms with Gasteiger partial charge in [-0.05, 0) is 42.5 Å². The molecule has 0 radical (unpaired) electrons. The van der Waals surface area contributed by atoms with Crippen molar-refractivity contribution in [3.63, 3.8) is 0 Å². The van der Waals surface area contributed by atoms with E-state index < -0.39 is 11.7 Å². The fourth-order valence-corrected chi connectivity index (χ4v) is 3.62. The monoisotopic (exact) mass is 443 g/mol. The second-order valence-electron chi connectivity index (χ2n) is 7.34. The van der Waals surface area contributed by atoms with Gasteiger partial charge in [0.1, 0.15) is 5.75 Å². The van der Waals surface area contributed by atoms with Gasteiger partial charge in [-0.25, -0.2) is 0 Å². The number of hydrogen-bond donors (Lipinski definition) is 0. The number of alkyl halides is 3. The zero-order valence-corrected chi connectivity index (χ0v) is 17.3. The molecule has 0 atom stereocenters. The number of nitriles is 1. The third kappa shape index (κ3) is 4.68. The molecule has 3 aromatic rings. The Morgan fingerprint density at radius 1 is 1.09 bits per heavy atom. The number of anilines is 1. The summed E-state index contributed by atoms with van der Waals surface area (Å²) in [6, 6.07) is 12.7. The van der Waals surface area contributed by atoms with Crippen LogP contribution in [0.2, 0.25) is 0 Å². The largest absolute Gasteiger partial charge is 0.497 e. The Labute approximate surface area is 182 Å². The molecule has 0 N–H and O–H groups in total. The number of benzene rings is 2. The van der Waals surface area contributed by atoms with Crippen LogP contribution in [0.1, 0.15) is 17.0 Å². The highest BCUT2D eigenvalue weighted by Gasteiger charge is 2.35. The van der Waals surface area contributed by atoms with Crippen molar-refractivity contribution in [3.8, 4) is 23.2 Å². The van der Waals surface area contributed by atoms with Gasteiger partial charge in [0.2, 0.25) is 11.7 Å². The molecule has 0 spiro atoms. The lowest BCUT2D eigenvalue weighted by Gasteiger charge is -2.36. The number of piperazine rings is 1. The molecule has 1 aliphatic rings. The molecule has 1 saturated heterocycles. The van der Waals surface area contributed by atoms with Gasteiger partial charge in [0.05, 0.1) is 36.5 Å². The molecule has 10 heteroatoms. The number of ether oxygens (including phenoxy) is 1. The van der Waals surface area contributed by atoms with Gasteiger partial charge in [-0.2, -0.15) is 23.4 Å². The Morgan fingerprint density at radius 2 is 1.81 bits per heavy atom. The molecule has 0 saturated carbocycles. The standard InChI is InChI=1S/C22H20F3N5O2/c1-31-17-5-3-16(4-6-17)21-27-20(32-28-21)14-29-8-10-30(11-9-29)19-12-15(13-26)2-7-18(19)22(23,24)25/h2-7,12H,8-11,14H2,1H3. The van der Waals surface area contributed by atoms with Crippen molar-refractivity contribution in [1.82, 2.24) is 15.0 Å². The smallest absolute Gasteiger partial charge is 0.418 e. The van der Waals surface area contributed by atoms with Crippen LogP contribution in [0.3, 0.4) is 0 Å². The zero-order valence-electron chi connectivity index (χ0n) is 17.3. The van der Waals surface area contributed by atoms with Gasteiger partial charge >= 0.3 is 6.18 Å². The summed E-state index contributed by atoms with van der Waals surface area (Å²) in [4.78, 5) is 8.13. The lowest BCUT2D eigenvalue weighted by atomic mass is 10.1.